The van der Waals surface area contributed by atoms with E-state index >= 15 is 0 Å². The normalized spacial score (nSPS) is 14.3. The molecular formula is C15H15F3N4O2S. The van der Waals surface area contributed by atoms with E-state index in [4.69, 9.17) is 4.74 Å². The van der Waals surface area contributed by atoms with Crippen LogP contribution in [-0.2, 0) is 28.7 Å². The molecule has 134 valence electrons. The highest BCUT2D eigenvalue weighted by molar-refractivity contribution is 7.15. The molecule has 1 aliphatic rings. The van der Waals surface area contributed by atoms with Crippen molar-refractivity contribution in [2.24, 2.45) is 0 Å². The Morgan fingerprint density at radius 3 is 2.96 bits per heavy atom. The van der Waals surface area contributed by atoms with Crippen molar-refractivity contribution in [3.05, 3.63) is 34.6 Å². The number of alkyl halides is 3. The van der Waals surface area contributed by atoms with E-state index in [1.807, 2.05) is 4.90 Å². The lowest BCUT2D eigenvalue weighted by Crippen LogP contribution is -2.30. The van der Waals surface area contributed by atoms with Gasteiger partial charge in [-0.25, -0.2) is 4.98 Å². The van der Waals surface area contributed by atoms with Gasteiger partial charge in [0.25, 0.3) is 5.91 Å². The second kappa shape index (κ2) is 6.96. The predicted molar refractivity (Wildman–Crippen MR) is 86.6 cm³/mol. The summed E-state index contributed by atoms with van der Waals surface area (Å²) in [6.07, 6.45) is -1.60. The van der Waals surface area contributed by atoms with Gasteiger partial charge in [-0.15, -0.1) is 0 Å². The van der Waals surface area contributed by atoms with Gasteiger partial charge in [-0.1, -0.05) is 11.3 Å². The zero-order chi connectivity index (χ0) is 18.0. The first-order chi connectivity index (χ1) is 11.9. The van der Waals surface area contributed by atoms with Crippen LogP contribution in [0.5, 0.6) is 0 Å². The summed E-state index contributed by atoms with van der Waals surface area (Å²) in [5, 5.41) is 3.12. The van der Waals surface area contributed by atoms with Gasteiger partial charge in [0.15, 0.2) is 5.13 Å². The zero-order valence-electron chi connectivity index (χ0n) is 13.3. The second-order valence-corrected chi connectivity index (χ2v) is 6.55. The van der Waals surface area contributed by atoms with Gasteiger partial charge in [0, 0.05) is 31.1 Å². The van der Waals surface area contributed by atoms with E-state index in [0.29, 0.717) is 30.3 Å². The van der Waals surface area contributed by atoms with Crippen LogP contribution in [-0.4, -0.2) is 36.1 Å². The molecular weight excluding hydrogens is 357 g/mol. The number of carbonyl (C=O) groups excluding carboxylic acids is 1. The van der Waals surface area contributed by atoms with Crippen LogP contribution in [0, 0.1) is 0 Å². The van der Waals surface area contributed by atoms with Crippen LogP contribution in [0.4, 0.5) is 24.0 Å². The fraction of sp³-hybridized carbons (Fsp3) is 0.400. The molecule has 0 bridgehead atoms. The molecule has 1 amide bonds. The van der Waals surface area contributed by atoms with Crippen LogP contribution in [0.1, 0.15) is 16.1 Å². The third-order valence-electron chi connectivity index (χ3n) is 3.67. The Hall–Kier alpha value is -2.20. The maximum Gasteiger partial charge on any atom is 0.417 e. The van der Waals surface area contributed by atoms with Crippen LogP contribution in [0.3, 0.4) is 0 Å². The van der Waals surface area contributed by atoms with Crippen LogP contribution in [0.25, 0.3) is 0 Å². The van der Waals surface area contributed by atoms with Gasteiger partial charge in [0.05, 0.1) is 29.7 Å². The van der Waals surface area contributed by atoms with E-state index < -0.39 is 11.7 Å². The zero-order valence-corrected chi connectivity index (χ0v) is 14.1. The summed E-state index contributed by atoms with van der Waals surface area (Å²) in [6, 6.07) is 1.10. The highest BCUT2D eigenvalue weighted by Gasteiger charge is 2.32. The van der Waals surface area contributed by atoms with Crippen LogP contribution >= 0.6 is 11.3 Å². The van der Waals surface area contributed by atoms with Gasteiger partial charge >= 0.3 is 6.18 Å². The lowest BCUT2D eigenvalue weighted by atomic mass is 10.1. The Morgan fingerprint density at radius 2 is 2.24 bits per heavy atom. The van der Waals surface area contributed by atoms with E-state index in [1.165, 1.54) is 24.6 Å². The molecule has 0 saturated heterocycles. The van der Waals surface area contributed by atoms with Crippen molar-refractivity contribution in [1.82, 2.24) is 9.97 Å². The summed E-state index contributed by atoms with van der Waals surface area (Å²) in [6.45, 7) is 0.896. The van der Waals surface area contributed by atoms with Gasteiger partial charge < -0.3 is 9.64 Å². The smallest absolute Gasteiger partial charge is 0.375 e. The third kappa shape index (κ3) is 4.07. The van der Waals surface area contributed by atoms with Crippen molar-refractivity contribution in [3.63, 3.8) is 0 Å². The average molecular weight is 372 g/mol. The number of hydrogen-bond acceptors (Lipinski definition) is 6. The van der Waals surface area contributed by atoms with Gasteiger partial charge in [0.2, 0.25) is 0 Å². The topological polar surface area (TPSA) is 67.3 Å². The Morgan fingerprint density at radius 1 is 1.44 bits per heavy atom. The van der Waals surface area contributed by atoms with E-state index in [2.05, 4.69) is 15.3 Å². The molecule has 3 rings (SSSR count). The molecule has 0 aromatic carbocycles. The number of thiazole rings is 1. The van der Waals surface area contributed by atoms with Crippen molar-refractivity contribution in [2.75, 3.05) is 30.5 Å². The average Bonchev–Trinajstić information content (AvgIpc) is 2.95. The third-order valence-corrected chi connectivity index (χ3v) is 4.67. The standard InChI is InChI=1S/C15H15F3N4O2S/c1-24-8-13(23)21-14-20-11-2-3-22(7-12(11)25-14)10-4-9(5-19-6-10)15(16,17)18/h4-6H,2-3,7-8H2,1H3,(H,20,21,23). The minimum absolute atomic E-state index is 0.0632. The lowest BCUT2D eigenvalue weighted by molar-refractivity contribution is -0.137. The quantitative estimate of drug-likeness (QED) is 0.894. The molecule has 0 atom stereocenters. The molecule has 10 heteroatoms. The minimum Gasteiger partial charge on any atom is -0.375 e. The molecule has 0 spiro atoms. The number of aromatic nitrogens is 2. The molecule has 6 nitrogen and oxygen atoms in total. The number of hydrogen-bond donors (Lipinski definition) is 1. The largest absolute Gasteiger partial charge is 0.417 e. The number of carbonyl (C=O) groups is 1. The summed E-state index contributed by atoms with van der Waals surface area (Å²) in [5.41, 5.74) is 0.500. The lowest BCUT2D eigenvalue weighted by Gasteiger charge is -2.28. The fourth-order valence-corrected chi connectivity index (χ4v) is 3.55. The summed E-state index contributed by atoms with van der Waals surface area (Å²) in [4.78, 5) is 22.4. The molecule has 25 heavy (non-hydrogen) atoms. The summed E-state index contributed by atoms with van der Waals surface area (Å²) in [5.74, 6) is -0.299. The van der Waals surface area contributed by atoms with E-state index in [0.717, 1.165) is 22.8 Å². The molecule has 0 saturated carbocycles. The van der Waals surface area contributed by atoms with Gasteiger partial charge in [-0.2, -0.15) is 13.2 Å². The van der Waals surface area contributed by atoms with Gasteiger partial charge in [-0.3, -0.25) is 15.1 Å². The van der Waals surface area contributed by atoms with Crippen LogP contribution < -0.4 is 10.2 Å². The number of fused-ring (bicyclic) bond motifs is 1. The first-order valence-corrected chi connectivity index (χ1v) is 8.23. The van der Waals surface area contributed by atoms with E-state index in [1.54, 1.807) is 0 Å². The number of nitrogens with zero attached hydrogens (tertiary/aromatic N) is 3. The number of halogens is 3. The maximum absolute atomic E-state index is 12.8. The molecule has 2 aromatic rings. The highest BCUT2D eigenvalue weighted by Crippen LogP contribution is 2.34. The monoisotopic (exact) mass is 372 g/mol. The van der Waals surface area contributed by atoms with Crippen LogP contribution in [0.15, 0.2) is 18.5 Å². The number of anilines is 2. The van der Waals surface area contributed by atoms with Crippen LogP contribution in [0.2, 0.25) is 0 Å². The van der Waals surface area contributed by atoms with E-state index in [-0.39, 0.29) is 12.5 Å². The Labute approximate surface area is 145 Å². The number of ether oxygens (including phenoxy) is 1. The van der Waals surface area contributed by atoms with Crippen molar-refractivity contribution < 1.29 is 22.7 Å². The van der Waals surface area contributed by atoms with Gasteiger partial charge in [-0.05, 0) is 6.07 Å². The highest BCUT2D eigenvalue weighted by atomic mass is 32.1. The number of rotatable bonds is 4. The van der Waals surface area contributed by atoms with Crippen molar-refractivity contribution in [2.45, 2.75) is 19.1 Å². The summed E-state index contributed by atoms with van der Waals surface area (Å²) >= 11 is 1.31. The van der Waals surface area contributed by atoms with Crippen molar-refractivity contribution >= 4 is 28.1 Å². The second-order valence-electron chi connectivity index (χ2n) is 5.47. The molecule has 0 unspecified atom stereocenters. The number of pyridine rings is 1. The van der Waals surface area contributed by atoms with E-state index in [9.17, 15) is 18.0 Å². The Kier molecular flexibility index (Phi) is 4.91. The predicted octanol–water partition coefficient (Wildman–Crippen LogP) is 2.70. The SMILES string of the molecule is COCC(=O)Nc1nc2c(s1)CN(c1cncc(C(F)(F)F)c1)CC2. The first kappa shape index (κ1) is 17.6. The summed E-state index contributed by atoms with van der Waals surface area (Å²) in [7, 11) is 1.42. The van der Waals surface area contributed by atoms with Crippen molar-refractivity contribution in [1.29, 1.82) is 0 Å². The number of methoxy groups -OCH3 is 1. The number of nitrogens with one attached hydrogen (secondary N) is 1. The molecule has 1 aliphatic heterocycles. The molecule has 2 aromatic heterocycles. The first-order valence-electron chi connectivity index (χ1n) is 7.41. The summed E-state index contributed by atoms with van der Waals surface area (Å²) < 4.78 is 43.3. The maximum atomic E-state index is 12.8. The Bertz CT molecular complexity index is 778. The molecule has 3 heterocycles. The molecule has 0 radical (unpaired) electrons. The number of amides is 1. The fourth-order valence-electron chi connectivity index (χ4n) is 2.51. The molecule has 1 N–H and O–H groups in total. The molecule has 0 aliphatic carbocycles. The molecule has 0 fully saturated rings. The van der Waals surface area contributed by atoms with Gasteiger partial charge in [0.1, 0.15) is 6.61 Å². The minimum atomic E-state index is -4.42. The van der Waals surface area contributed by atoms with Crippen molar-refractivity contribution in [3.8, 4) is 0 Å². The Balaban J connectivity index is 1.75.